The fourth-order valence-electron chi connectivity index (χ4n) is 4.40. The molecule has 0 spiro atoms. The van der Waals surface area contributed by atoms with E-state index < -0.39 is 17.7 Å². The monoisotopic (exact) mass is 458 g/mol. The number of H-pyrrole nitrogens is 1. The van der Waals surface area contributed by atoms with Crippen LogP contribution in [0.3, 0.4) is 0 Å². The second kappa shape index (κ2) is 8.47. The number of ketones is 1. The predicted molar refractivity (Wildman–Crippen MR) is 124 cm³/mol. The summed E-state index contributed by atoms with van der Waals surface area (Å²) < 4.78 is 16.1. The molecule has 1 fully saturated rings. The molecule has 34 heavy (non-hydrogen) atoms. The standard InChI is InChI=1S/C26H22N2O6/c1-32-15-9-10-18(21(12-15)33-2)24(29)22-23(19-13-27-20-8-4-3-7-17(19)20)28(26(31)25(22)30)14-16-6-5-11-34-16/h3-13,23,27,29H,14H2,1-2H3/b24-22+. The zero-order chi connectivity index (χ0) is 23.8. The number of methoxy groups -OCH3 is 2. The number of benzene rings is 2. The van der Waals surface area contributed by atoms with Gasteiger partial charge in [-0.25, -0.2) is 0 Å². The van der Waals surface area contributed by atoms with Crippen LogP contribution in [0.2, 0.25) is 0 Å². The maximum absolute atomic E-state index is 13.3. The van der Waals surface area contributed by atoms with Crippen LogP contribution < -0.4 is 9.47 Å². The van der Waals surface area contributed by atoms with Crippen molar-refractivity contribution in [1.82, 2.24) is 9.88 Å². The number of aliphatic hydroxyl groups is 1. The Kier molecular flexibility index (Phi) is 5.33. The summed E-state index contributed by atoms with van der Waals surface area (Å²) in [6.45, 7) is 0.0677. The molecule has 0 bridgehead atoms. The van der Waals surface area contributed by atoms with Gasteiger partial charge in [0, 0.05) is 28.7 Å². The van der Waals surface area contributed by atoms with Gasteiger partial charge in [-0.15, -0.1) is 0 Å². The fourth-order valence-corrected chi connectivity index (χ4v) is 4.40. The number of likely N-dealkylation sites (tertiary alicyclic amines) is 1. The number of nitrogens with one attached hydrogen (secondary N) is 1. The smallest absolute Gasteiger partial charge is 0.296 e. The number of Topliss-reactive ketones (excluding diaryl/α,β-unsaturated/α-hetero) is 1. The summed E-state index contributed by atoms with van der Waals surface area (Å²) in [7, 11) is 2.98. The van der Waals surface area contributed by atoms with E-state index in [1.807, 2.05) is 24.3 Å². The van der Waals surface area contributed by atoms with Crippen LogP contribution in [-0.2, 0) is 16.1 Å². The van der Waals surface area contributed by atoms with Gasteiger partial charge in [-0.05, 0) is 30.3 Å². The van der Waals surface area contributed by atoms with Gasteiger partial charge in [0.25, 0.3) is 11.7 Å². The van der Waals surface area contributed by atoms with Crippen LogP contribution in [0.25, 0.3) is 16.7 Å². The van der Waals surface area contributed by atoms with E-state index in [0.717, 1.165) is 10.9 Å². The largest absolute Gasteiger partial charge is 0.507 e. The van der Waals surface area contributed by atoms with E-state index in [0.29, 0.717) is 22.8 Å². The van der Waals surface area contributed by atoms with E-state index in [1.165, 1.54) is 25.4 Å². The SMILES string of the molecule is COc1ccc(/C(O)=C2\C(=O)C(=O)N(Cc3ccco3)C2c2c[nH]c3ccccc23)c(OC)c1. The molecule has 8 nitrogen and oxygen atoms in total. The molecular formula is C26H22N2O6. The van der Waals surface area contributed by atoms with Gasteiger partial charge in [0.1, 0.15) is 23.0 Å². The van der Waals surface area contributed by atoms with E-state index in [4.69, 9.17) is 13.9 Å². The summed E-state index contributed by atoms with van der Waals surface area (Å²) in [5, 5.41) is 12.2. The van der Waals surface area contributed by atoms with Gasteiger partial charge in [0.15, 0.2) is 0 Å². The number of aliphatic hydroxyl groups excluding tert-OH is 1. The molecule has 1 aliphatic rings. The van der Waals surface area contributed by atoms with E-state index in [9.17, 15) is 14.7 Å². The van der Waals surface area contributed by atoms with Crippen molar-refractivity contribution in [2.75, 3.05) is 14.2 Å². The van der Waals surface area contributed by atoms with Gasteiger partial charge in [-0.2, -0.15) is 0 Å². The molecule has 3 heterocycles. The lowest BCUT2D eigenvalue weighted by molar-refractivity contribution is -0.140. The van der Waals surface area contributed by atoms with Gasteiger partial charge < -0.3 is 28.9 Å². The molecule has 0 aliphatic carbocycles. The first-order valence-corrected chi connectivity index (χ1v) is 10.6. The molecule has 1 unspecified atom stereocenters. The highest BCUT2D eigenvalue weighted by atomic mass is 16.5. The maximum atomic E-state index is 13.3. The minimum atomic E-state index is -0.840. The summed E-state index contributed by atoms with van der Waals surface area (Å²) in [5.41, 5.74) is 1.80. The molecule has 1 amide bonds. The Morgan fingerprint density at radius 1 is 1.09 bits per heavy atom. The number of rotatable bonds is 6. The average Bonchev–Trinajstić information content (AvgIpc) is 3.59. The van der Waals surface area contributed by atoms with E-state index >= 15 is 0 Å². The van der Waals surface area contributed by atoms with Gasteiger partial charge in [-0.3, -0.25) is 9.59 Å². The maximum Gasteiger partial charge on any atom is 0.296 e. The van der Waals surface area contributed by atoms with E-state index in [1.54, 1.807) is 36.5 Å². The number of aromatic nitrogens is 1. The number of furan rings is 1. The van der Waals surface area contributed by atoms with Crippen molar-refractivity contribution >= 4 is 28.4 Å². The Bertz CT molecular complexity index is 1420. The molecule has 2 aromatic carbocycles. The Hall–Kier alpha value is -4.46. The Balaban J connectivity index is 1.73. The zero-order valence-corrected chi connectivity index (χ0v) is 18.6. The quantitative estimate of drug-likeness (QED) is 0.252. The van der Waals surface area contributed by atoms with Crippen molar-refractivity contribution < 1.29 is 28.6 Å². The zero-order valence-electron chi connectivity index (χ0n) is 18.6. The molecule has 5 rings (SSSR count). The number of nitrogens with zero attached hydrogens (tertiary/aromatic N) is 1. The molecule has 8 heteroatoms. The van der Waals surface area contributed by atoms with Crippen molar-refractivity contribution in [2.45, 2.75) is 12.6 Å². The van der Waals surface area contributed by atoms with Crippen LogP contribution >= 0.6 is 0 Å². The first-order chi connectivity index (χ1) is 16.5. The third-order valence-electron chi connectivity index (χ3n) is 6.03. The number of carbonyl (C=O) groups excluding carboxylic acids is 2. The van der Waals surface area contributed by atoms with Crippen LogP contribution in [0.15, 0.2) is 77.0 Å². The molecule has 1 atom stereocenters. The Morgan fingerprint density at radius 2 is 1.91 bits per heavy atom. The Morgan fingerprint density at radius 3 is 2.65 bits per heavy atom. The number of fused-ring (bicyclic) bond motifs is 1. The summed E-state index contributed by atoms with van der Waals surface area (Å²) in [5.74, 6) is -0.464. The van der Waals surface area contributed by atoms with Crippen LogP contribution in [0.4, 0.5) is 0 Å². The minimum Gasteiger partial charge on any atom is -0.507 e. The summed E-state index contributed by atoms with van der Waals surface area (Å²) in [4.78, 5) is 31.1. The molecule has 1 aliphatic heterocycles. The lowest BCUT2D eigenvalue weighted by Crippen LogP contribution is -2.29. The lowest BCUT2D eigenvalue weighted by atomic mass is 9.94. The fraction of sp³-hybridized carbons (Fsp3) is 0.154. The minimum absolute atomic E-state index is 0.0234. The molecule has 2 N–H and O–H groups in total. The molecule has 0 saturated carbocycles. The highest BCUT2D eigenvalue weighted by molar-refractivity contribution is 6.46. The third-order valence-corrected chi connectivity index (χ3v) is 6.03. The highest BCUT2D eigenvalue weighted by Gasteiger charge is 2.47. The number of para-hydroxylation sites is 1. The molecule has 4 aromatic rings. The molecular weight excluding hydrogens is 436 g/mol. The summed E-state index contributed by atoms with van der Waals surface area (Å²) in [6, 6.07) is 15.0. The van der Waals surface area contributed by atoms with Crippen molar-refractivity contribution in [3.63, 3.8) is 0 Å². The van der Waals surface area contributed by atoms with Crippen LogP contribution in [0, 0.1) is 0 Å². The summed E-state index contributed by atoms with van der Waals surface area (Å²) >= 11 is 0. The number of ether oxygens (including phenoxy) is 2. The number of hydrogen-bond acceptors (Lipinski definition) is 6. The van der Waals surface area contributed by atoms with E-state index in [2.05, 4.69) is 4.98 Å². The first kappa shape index (κ1) is 21.4. The lowest BCUT2D eigenvalue weighted by Gasteiger charge is -2.24. The molecule has 0 radical (unpaired) electrons. The summed E-state index contributed by atoms with van der Waals surface area (Å²) in [6.07, 6.45) is 3.27. The van der Waals surface area contributed by atoms with Crippen molar-refractivity contribution in [3.05, 3.63) is 89.5 Å². The van der Waals surface area contributed by atoms with Crippen LogP contribution in [-0.4, -0.2) is 40.9 Å². The number of hydrogen-bond donors (Lipinski definition) is 2. The number of aromatic amines is 1. The molecule has 172 valence electrons. The van der Waals surface area contributed by atoms with Gasteiger partial charge in [-0.1, -0.05) is 18.2 Å². The first-order valence-electron chi connectivity index (χ1n) is 10.6. The molecule has 1 saturated heterocycles. The van der Waals surface area contributed by atoms with Crippen molar-refractivity contribution in [3.8, 4) is 11.5 Å². The van der Waals surface area contributed by atoms with Crippen LogP contribution in [0.1, 0.15) is 22.9 Å². The molecule has 2 aromatic heterocycles. The topological polar surface area (TPSA) is 105 Å². The second-order valence-corrected chi connectivity index (χ2v) is 7.86. The number of carbonyl (C=O) groups is 2. The van der Waals surface area contributed by atoms with Crippen LogP contribution in [0.5, 0.6) is 11.5 Å². The second-order valence-electron chi connectivity index (χ2n) is 7.86. The van der Waals surface area contributed by atoms with Gasteiger partial charge >= 0.3 is 0 Å². The van der Waals surface area contributed by atoms with E-state index in [-0.39, 0.29) is 23.4 Å². The van der Waals surface area contributed by atoms with Crippen molar-refractivity contribution in [1.29, 1.82) is 0 Å². The average molecular weight is 458 g/mol. The number of amides is 1. The van der Waals surface area contributed by atoms with Crippen molar-refractivity contribution in [2.24, 2.45) is 0 Å². The highest BCUT2D eigenvalue weighted by Crippen LogP contribution is 2.44. The Labute approximate surface area is 195 Å². The predicted octanol–water partition coefficient (Wildman–Crippen LogP) is 4.40. The third kappa shape index (κ3) is 3.40. The van der Waals surface area contributed by atoms with Gasteiger partial charge in [0.05, 0.1) is 44.2 Å². The van der Waals surface area contributed by atoms with Gasteiger partial charge in [0.2, 0.25) is 0 Å². The normalized spacial score (nSPS) is 17.5.